The Kier molecular flexibility index (Phi) is 63.7. The Bertz CT molecular complexity index is 1560. The molecule has 0 aliphatic carbocycles. The van der Waals surface area contributed by atoms with Crippen LogP contribution in [0.15, 0.2) is 60.8 Å². The smallest absolute Gasteiger partial charge is 0.220 e. The Hall–Kier alpha value is -2.11. The van der Waals surface area contributed by atoms with Gasteiger partial charge in [-0.2, -0.15) is 0 Å². The van der Waals surface area contributed by atoms with Crippen LogP contribution in [-0.2, 0) is 14.3 Å². The average Bonchev–Trinajstić information content (AvgIpc) is 3.47. The Morgan fingerprint density at radius 1 is 0.391 bits per heavy atom. The lowest BCUT2D eigenvalue weighted by molar-refractivity contribution is -0.302. The lowest BCUT2D eigenvalue weighted by Gasteiger charge is -2.40. The molecule has 0 aromatic carbocycles. The first-order valence-electron chi connectivity index (χ1n) is 38.0. The minimum Gasteiger partial charge on any atom is -0.394 e. The molecule has 0 saturated carbocycles. The fraction of sp³-hybridized carbons (Fsp3) is 0.859. The molecule has 1 rings (SSSR count). The minimum absolute atomic E-state index is 0.184. The van der Waals surface area contributed by atoms with E-state index in [9.17, 15) is 30.3 Å². The molecule has 7 unspecified atom stereocenters. The van der Waals surface area contributed by atoms with E-state index in [0.717, 1.165) is 51.4 Å². The van der Waals surface area contributed by atoms with E-state index in [1.54, 1.807) is 6.08 Å². The third kappa shape index (κ3) is 55.3. The summed E-state index contributed by atoms with van der Waals surface area (Å²) < 4.78 is 11.3. The molecule has 6 N–H and O–H groups in total. The standard InChI is InChI=1S/C78H145NO8/c1-3-5-7-9-11-13-15-17-19-21-23-25-27-29-31-33-34-35-36-37-38-40-42-44-46-48-50-52-54-56-58-60-62-64-66-68-74(82)79-71(70-86-78-77(85)76(84)75(83)73(69-80)87-78)72(81)67-65-63-61-59-57-55-53-51-49-47-45-43-41-39-32-30-28-26-24-22-20-18-16-14-12-10-8-6-4-2/h15,17,21,23,49,51,57,59,65,67,71-73,75-78,80-81,83-85H,3-14,16,18-20,22,24-48,50,52-56,58,60-64,66,68-70H2,1-2H3,(H,79,82)/b17-15-,23-21-,51-49+,59-57+,67-65+. The topological polar surface area (TPSA) is 149 Å². The number of ether oxygens (including phenoxy) is 2. The summed E-state index contributed by atoms with van der Waals surface area (Å²) in [5, 5.41) is 54.8. The molecule has 1 heterocycles. The maximum absolute atomic E-state index is 13.1. The second-order valence-corrected chi connectivity index (χ2v) is 26.4. The molecule has 1 fully saturated rings. The van der Waals surface area contributed by atoms with Gasteiger partial charge in [-0.25, -0.2) is 0 Å². The largest absolute Gasteiger partial charge is 0.394 e. The van der Waals surface area contributed by atoms with Crippen LogP contribution in [0.1, 0.15) is 373 Å². The number of hydrogen-bond donors (Lipinski definition) is 6. The highest BCUT2D eigenvalue weighted by Gasteiger charge is 2.44. The van der Waals surface area contributed by atoms with Crippen molar-refractivity contribution in [1.29, 1.82) is 0 Å². The fourth-order valence-corrected chi connectivity index (χ4v) is 12.1. The highest BCUT2D eigenvalue weighted by Crippen LogP contribution is 2.24. The Morgan fingerprint density at radius 2 is 0.690 bits per heavy atom. The van der Waals surface area contributed by atoms with Gasteiger partial charge in [0.15, 0.2) is 6.29 Å². The predicted octanol–water partition coefficient (Wildman–Crippen LogP) is 21.3. The van der Waals surface area contributed by atoms with Gasteiger partial charge in [0.2, 0.25) is 5.91 Å². The normalized spacial score (nSPS) is 18.3. The van der Waals surface area contributed by atoms with Gasteiger partial charge < -0.3 is 40.3 Å². The van der Waals surface area contributed by atoms with Crippen molar-refractivity contribution in [3.63, 3.8) is 0 Å². The van der Waals surface area contributed by atoms with Crippen molar-refractivity contribution >= 4 is 5.91 Å². The zero-order valence-electron chi connectivity index (χ0n) is 57.3. The number of carbonyl (C=O) groups is 1. The Morgan fingerprint density at radius 3 is 1.03 bits per heavy atom. The van der Waals surface area contributed by atoms with Gasteiger partial charge >= 0.3 is 0 Å². The number of unbranched alkanes of at least 4 members (excludes halogenated alkanes) is 49. The van der Waals surface area contributed by atoms with E-state index < -0.39 is 49.5 Å². The van der Waals surface area contributed by atoms with Crippen molar-refractivity contribution in [3.8, 4) is 0 Å². The van der Waals surface area contributed by atoms with Crippen LogP contribution in [0.25, 0.3) is 0 Å². The molecule has 0 radical (unpaired) electrons. The molecule has 1 saturated heterocycles. The number of rotatable bonds is 67. The van der Waals surface area contributed by atoms with Crippen LogP contribution in [0.3, 0.4) is 0 Å². The van der Waals surface area contributed by atoms with Crippen LogP contribution in [0.4, 0.5) is 0 Å². The number of aliphatic hydroxyl groups excluding tert-OH is 5. The van der Waals surface area contributed by atoms with E-state index >= 15 is 0 Å². The van der Waals surface area contributed by atoms with E-state index in [0.29, 0.717) is 6.42 Å². The van der Waals surface area contributed by atoms with Crippen molar-refractivity contribution < 1.29 is 39.8 Å². The first-order valence-corrected chi connectivity index (χ1v) is 38.0. The van der Waals surface area contributed by atoms with E-state index in [-0.39, 0.29) is 12.5 Å². The number of nitrogens with one attached hydrogen (secondary N) is 1. The quantitative estimate of drug-likeness (QED) is 0.0261. The van der Waals surface area contributed by atoms with Crippen LogP contribution in [0.2, 0.25) is 0 Å². The number of carbonyl (C=O) groups excluding carboxylic acids is 1. The number of amides is 1. The summed E-state index contributed by atoms with van der Waals surface area (Å²) in [6, 6.07) is -0.831. The highest BCUT2D eigenvalue weighted by molar-refractivity contribution is 5.76. The molecular formula is C78H145NO8. The lowest BCUT2D eigenvalue weighted by atomic mass is 9.99. The maximum Gasteiger partial charge on any atom is 0.220 e. The fourth-order valence-electron chi connectivity index (χ4n) is 12.1. The van der Waals surface area contributed by atoms with E-state index in [2.05, 4.69) is 67.8 Å². The van der Waals surface area contributed by atoms with E-state index in [1.807, 2.05) is 6.08 Å². The molecule has 510 valence electrons. The van der Waals surface area contributed by atoms with Gasteiger partial charge in [0, 0.05) is 6.42 Å². The average molecular weight is 1230 g/mol. The van der Waals surface area contributed by atoms with Crippen LogP contribution < -0.4 is 5.32 Å². The molecule has 0 spiro atoms. The van der Waals surface area contributed by atoms with Gasteiger partial charge in [-0.05, 0) is 77.0 Å². The summed E-state index contributed by atoms with van der Waals surface area (Å²) in [5.74, 6) is -0.184. The number of hydrogen-bond acceptors (Lipinski definition) is 8. The maximum atomic E-state index is 13.1. The first kappa shape index (κ1) is 82.9. The molecule has 0 bridgehead atoms. The van der Waals surface area contributed by atoms with Gasteiger partial charge in [0.05, 0.1) is 25.4 Å². The monoisotopic (exact) mass is 1220 g/mol. The second kappa shape index (κ2) is 66.8. The van der Waals surface area contributed by atoms with Gasteiger partial charge in [-0.15, -0.1) is 0 Å². The SMILES string of the molecule is CCCCCCC/C=C\C/C=C\CCCCCCCCCCCCCCCCCCCCCCCCCC(=O)NC(COC1OC(CO)C(O)C(O)C1O)C(O)/C=C/CC/C=C/CC/C=C/CCCCCCCCCCCCCCCCCCCCC. The Labute approximate surface area is 538 Å². The number of allylic oxidation sites excluding steroid dienone is 9. The van der Waals surface area contributed by atoms with E-state index in [1.165, 1.54) is 302 Å². The third-order valence-corrected chi connectivity index (χ3v) is 18.0. The second-order valence-electron chi connectivity index (χ2n) is 26.4. The van der Waals surface area contributed by atoms with Crippen LogP contribution in [0, 0.1) is 0 Å². The summed E-state index contributed by atoms with van der Waals surface area (Å²) in [5.41, 5.74) is 0. The first-order chi connectivity index (χ1) is 42.8. The van der Waals surface area contributed by atoms with Gasteiger partial charge in [-0.1, -0.05) is 351 Å². The lowest BCUT2D eigenvalue weighted by Crippen LogP contribution is -2.60. The molecule has 7 atom stereocenters. The molecule has 0 aromatic heterocycles. The van der Waals surface area contributed by atoms with Crippen LogP contribution >= 0.6 is 0 Å². The molecule has 1 aliphatic heterocycles. The summed E-state index contributed by atoms with van der Waals surface area (Å²) >= 11 is 0. The minimum atomic E-state index is -1.58. The van der Waals surface area contributed by atoms with Crippen molar-refractivity contribution in [2.24, 2.45) is 0 Å². The van der Waals surface area contributed by atoms with Crippen molar-refractivity contribution in [2.75, 3.05) is 13.2 Å². The van der Waals surface area contributed by atoms with E-state index in [4.69, 9.17) is 9.47 Å². The zero-order chi connectivity index (χ0) is 62.8. The summed E-state index contributed by atoms with van der Waals surface area (Å²) in [6.07, 6.45) is 86.4. The third-order valence-electron chi connectivity index (χ3n) is 18.0. The van der Waals surface area contributed by atoms with Gasteiger partial charge in [0.1, 0.15) is 24.4 Å². The van der Waals surface area contributed by atoms with Crippen molar-refractivity contribution in [3.05, 3.63) is 60.8 Å². The molecular weight excluding hydrogens is 1080 g/mol. The molecule has 87 heavy (non-hydrogen) atoms. The highest BCUT2D eigenvalue weighted by atomic mass is 16.7. The van der Waals surface area contributed by atoms with Gasteiger partial charge in [-0.3, -0.25) is 4.79 Å². The van der Waals surface area contributed by atoms with Crippen LogP contribution in [0.5, 0.6) is 0 Å². The molecule has 9 nitrogen and oxygen atoms in total. The molecule has 0 aromatic rings. The van der Waals surface area contributed by atoms with Crippen LogP contribution in [-0.4, -0.2) is 87.5 Å². The predicted molar refractivity (Wildman–Crippen MR) is 373 cm³/mol. The molecule has 1 aliphatic rings. The summed E-state index contributed by atoms with van der Waals surface area (Å²) in [4.78, 5) is 13.1. The zero-order valence-corrected chi connectivity index (χ0v) is 57.3. The summed E-state index contributed by atoms with van der Waals surface area (Å²) in [6.45, 7) is 3.80. The molecule has 1 amide bonds. The van der Waals surface area contributed by atoms with Crippen molar-refractivity contribution in [2.45, 2.75) is 416 Å². The molecule has 9 heteroatoms. The Balaban J connectivity index is 2.11. The van der Waals surface area contributed by atoms with Crippen molar-refractivity contribution in [1.82, 2.24) is 5.32 Å². The summed E-state index contributed by atoms with van der Waals surface area (Å²) in [7, 11) is 0. The number of aliphatic hydroxyl groups is 5. The van der Waals surface area contributed by atoms with Gasteiger partial charge in [0.25, 0.3) is 0 Å².